The first-order valence-corrected chi connectivity index (χ1v) is 8.31. The second-order valence-corrected chi connectivity index (χ2v) is 6.53. The third-order valence-corrected chi connectivity index (χ3v) is 5.27. The smallest absolute Gasteiger partial charge is 0.270 e. The fourth-order valence-corrected chi connectivity index (χ4v) is 3.78. The minimum absolute atomic E-state index is 0.0220. The van der Waals surface area contributed by atoms with Crippen LogP contribution in [0.15, 0.2) is 12.3 Å². The number of nitrogens with one attached hydrogen (secondary N) is 1. The van der Waals surface area contributed by atoms with Crippen molar-refractivity contribution in [2.45, 2.75) is 38.6 Å². The molecule has 1 aromatic heterocycles. The summed E-state index contributed by atoms with van der Waals surface area (Å²) in [6.07, 6.45) is 6.41. The number of rotatable bonds is 3. The minimum atomic E-state index is 0.0220. The number of hydrogen-bond donors (Lipinski definition) is 1. The topological polar surface area (TPSA) is 63.1 Å². The van der Waals surface area contributed by atoms with Crippen molar-refractivity contribution >= 4 is 5.91 Å². The van der Waals surface area contributed by atoms with Crippen molar-refractivity contribution in [1.82, 2.24) is 14.8 Å². The molecule has 3 heterocycles. The molecule has 1 unspecified atom stereocenters. The Balaban J connectivity index is 1.54. The summed E-state index contributed by atoms with van der Waals surface area (Å²) in [6.45, 7) is 6.46. The highest BCUT2D eigenvalue weighted by Crippen LogP contribution is 2.27. The number of nitriles is 1. The predicted molar refractivity (Wildman–Crippen MR) is 84.4 cm³/mol. The van der Waals surface area contributed by atoms with Crippen LogP contribution in [0.25, 0.3) is 0 Å². The average molecular weight is 300 g/mol. The van der Waals surface area contributed by atoms with Crippen LogP contribution in [0.5, 0.6) is 0 Å². The van der Waals surface area contributed by atoms with Crippen molar-refractivity contribution in [3.8, 4) is 6.07 Å². The molecule has 0 aromatic carbocycles. The normalized spacial score (nSPS) is 21.7. The van der Waals surface area contributed by atoms with E-state index in [-0.39, 0.29) is 5.91 Å². The Labute approximate surface area is 131 Å². The van der Waals surface area contributed by atoms with Crippen molar-refractivity contribution in [1.29, 1.82) is 5.26 Å². The van der Waals surface area contributed by atoms with Gasteiger partial charge in [-0.1, -0.05) is 0 Å². The third-order valence-electron chi connectivity index (χ3n) is 5.27. The number of amides is 1. The Hall–Kier alpha value is -1.80. The van der Waals surface area contributed by atoms with Gasteiger partial charge in [0.15, 0.2) is 0 Å². The lowest BCUT2D eigenvalue weighted by molar-refractivity contribution is 0.0619. The minimum Gasteiger partial charge on any atom is -0.356 e. The molecule has 2 fully saturated rings. The summed E-state index contributed by atoms with van der Waals surface area (Å²) >= 11 is 0. The number of carbonyl (C=O) groups excluding carboxylic acids is 1. The van der Waals surface area contributed by atoms with Gasteiger partial charge in [-0.15, -0.1) is 0 Å². The molecular formula is C17H24N4O. The molecule has 2 saturated heterocycles. The van der Waals surface area contributed by atoms with Crippen LogP contribution in [-0.2, 0) is 0 Å². The highest BCUT2D eigenvalue weighted by molar-refractivity contribution is 5.92. The Morgan fingerprint density at radius 1 is 1.32 bits per heavy atom. The number of hydrogen-bond acceptors (Lipinski definition) is 3. The SMILES string of the molecule is CC(C1CCN(C(=O)c2cc(C#N)c[nH]2)CC1)N1CCCC1. The van der Waals surface area contributed by atoms with Gasteiger partial charge in [-0.2, -0.15) is 5.26 Å². The van der Waals surface area contributed by atoms with Gasteiger partial charge in [-0.3, -0.25) is 4.79 Å². The van der Waals surface area contributed by atoms with Crippen LogP contribution in [-0.4, -0.2) is 52.9 Å². The van der Waals surface area contributed by atoms with Gasteiger partial charge in [0.1, 0.15) is 11.8 Å². The largest absolute Gasteiger partial charge is 0.356 e. The second-order valence-electron chi connectivity index (χ2n) is 6.53. The molecule has 118 valence electrons. The molecule has 0 aliphatic carbocycles. The van der Waals surface area contributed by atoms with Crippen LogP contribution in [0.1, 0.15) is 48.7 Å². The lowest BCUT2D eigenvalue weighted by Gasteiger charge is -2.38. The Morgan fingerprint density at radius 3 is 2.59 bits per heavy atom. The van der Waals surface area contributed by atoms with Crippen LogP contribution in [0.3, 0.4) is 0 Å². The molecule has 1 amide bonds. The van der Waals surface area contributed by atoms with Crippen LogP contribution in [0.2, 0.25) is 0 Å². The summed E-state index contributed by atoms with van der Waals surface area (Å²) in [5.74, 6) is 0.717. The molecule has 2 aliphatic heterocycles. The first-order valence-electron chi connectivity index (χ1n) is 8.31. The molecule has 5 heteroatoms. The van der Waals surface area contributed by atoms with E-state index in [1.807, 2.05) is 4.90 Å². The Morgan fingerprint density at radius 2 is 2.00 bits per heavy atom. The second kappa shape index (κ2) is 6.53. The van der Waals surface area contributed by atoms with Crippen LogP contribution < -0.4 is 0 Å². The van der Waals surface area contributed by atoms with Crippen molar-refractivity contribution in [2.24, 2.45) is 5.92 Å². The zero-order chi connectivity index (χ0) is 15.5. The molecule has 0 saturated carbocycles. The van der Waals surface area contributed by atoms with E-state index < -0.39 is 0 Å². The van der Waals surface area contributed by atoms with Gasteiger partial charge in [0.25, 0.3) is 5.91 Å². The van der Waals surface area contributed by atoms with Crippen molar-refractivity contribution in [2.75, 3.05) is 26.2 Å². The zero-order valence-electron chi connectivity index (χ0n) is 13.2. The highest BCUT2D eigenvalue weighted by Gasteiger charge is 2.30. The molecule has 22 heavy (non-hydrogen) atoms. The predicted octanol–water partition coefficient (Wildman–Crippen LogP) is 2.22. The number of H-pyrrole nitrogens is 1. The maximum Gasteiger partial charge on any atom is 0.270 e. The van der Waals surface area contributed by atoms with Gasteiger partial charge in [-0.25, -0.2) is 0 Å². The first kappa shape index (κ1) is 15.1. The van der Waals surface area contributed by atoms with Gasteiger partial charge in [0, 0.05) is 25.3 Å². The quantitative estimate of drug-likeness (QED) is 0.931. The molecule has 0 spiro atoms. The molecule has 0 bridgehead atoms. The van der Waals surface area contributed by atoms with Crippen LogP contribution in [0.4, 0.5) is 0 Å². The van der Waals surface area contributed by atoms with E-state index in [0.717, 1.165) is 25.9 Å². The standard InChI is InChI=1S/C17H24N4O/c1-13(20-6-2-3-7-20)15-4-8-21(9-5-15)17(22)16-10-14(11-18)12-19-16/h10,12-13,15,19H,2-9H2,1H3. The summed E-state index contributed by atoms with van der Waals surface area (Å²) in [5.41, 5.74) is 1.04. The van der Waals surface area contributed by atoms with E-state index in [9.17, 15) is 4.79 Å². The number of aromatic nitrogens is 1. The fraction of sp³-hybridized carbons (Fsp3) is 0.647. The molecule has 3 rings (SSSR count). The maximum absolute atomic E-state index is 12.4. The first-order chi connectivity index (χ1) is 10.7. The van der Waals surface area contributed by atoms with E-state index in [1.165, 1.54) is 25.9 Å². The molecule has 2 aliphatic rings. The lowest BCUT2D eigenvalue weighted by atomic mass is 9.89. The van der Waals surface area contributed by atoms with Crippen molar-refractivity contribution < 1.29 is 4.79 Å². The number of nitrogens with zero attached hydrogens (tertiary/aromatic N) is 3. The summed E-state index contributed by atoms with van der Waals surface area (Å²) in [5, 5.41) is 8.84. The van der Waals surface area contributed by atoms with E-state index in [2.05, 4.69) is 22.9 Å². The summed E-state index contributed by atoms with van der Waals surface area (Å²) in [7, 11) is 0. The van der Waals surface area contributed by atoms with Crippen molar-refractivity contribution in [3.05, 3.63) is 23.5 Å². The fourth-order valence-electron chi connectivity index (χ4n) is 3.78. The van der Waals surface area contributed by atoms with Gasteiger partial charge >= 0.3 is 0 Å². The van der Waals surface area contributed by atoms with Gasteiger partial charge < -0.3 is 14.8 Å². The zero-order valence-corrected chi connectivity index (χ0v) is 13.2. The number of piperidine rings is 1. The Bertz CT molecular complexity index is 559. The third kappa shape index (κ3) is 3.02. The van der Waals surface area contributed by atoms with E-state index in [4.69, 9.17) is 5.26 Å². The van der Waals surface area contributed by atoms with Crippen LogP contribution >= 0.6 is 0 Å². The molecule has 1 aromatic rings. The summed E-state index contributed by atoms with van der Waals surface area (Å²) in [4.78, 5) is 19.9. The lowest BCUT2D eigenvalue weighted by Crippen LogP contribution is -2.45. The van der Waals surface area contributed by atoms with Crippen LogP contribution in [0, 0.1) is 17.2 Å². The number of aromatic amines is 1. The van der Waals surface area contributed by atoms with E-state index in [0.29, 0.717) is 23.2 Å². The highest BCUT2D eigenvalue weighted by atomic mass is 16.2. The summed E-state index contributed by atoms with van der Waals surface area (Å²) in [6, 6.07) is 4.33. The van der Waals surface area contributed by atoms with Gasteiger partial charge in [-0.05, 0) is 57.7 Å². The molecule has 0 radical (unpaired) electrons. The maximum atomic E-state index is 12.4. The molecule has 1 atom stereocenters. The number of likely N-dealkylation sites (tertiary alicyclic amines) is 2. The monoisotopic (exact) mass is 300 g/mol. The number of carbonyl (C=O) groups is 1. The van der Waals surface area contributed by atoms with E-state index >= 15 is 0 Å². The van der Waals surface area contributed by atoms with E-state index in [1.54, 1.807) is 12.3 Å². The average Bonchev–Trinajstić information content (AvgIpc) is 3.25. The Kier molecular flexibility index (Phi) is 4.49. The van der Waals surface area contributed by atoms with Gasteiger partial charge in [0.2, 0.25) is 0 Å². The summed E-state index contributed by atoms with van der Waals surface area (Å²) < 4.78 is 0. The molecule has 1 N–H and O–H groups in total. The van der Waals surface area contributed by atoms with Gasteiger partial charge in [0.05, 0.1) is 5.56 Å². The molecule has 5 nitrogen and oxygen atoms in total. The van der Waals surface area contributed by atoms with Crippen molar-refractivity contribution in [3.63, 3.8) is 0 Å². The molecular weight excluding hydrogens is 276 g/mol.